The lowest BCUT2D eigenvalue weighted by Crippen LogP contribution is -2.29. The van der Waals surface area contributed by atoms with E-state index in [-0.39, 0.29) is 16.5 Å². The lowest BCUT2D eigenvalue weighted by molar-refractivity contribution is -0.0499. The van der Waals surface area contributed by atoms with E-state index in [1.165, 1.54) is 12.3 Å². The number of nitrogens with one attached hydrogen (secondary N) is 2. The van der Waals surface area contributed by atoms with Gasteiger partial charge in [0.25, 0.3) is 5.56 Å². The third-order valence-electron chi connectivity index (χ3n) is 4.01. The number of aromatic amines is 2. The van der Waals surface area contributed by atoms with Crippen LogP contribution in [0, 0.1) is 6.92 Å². The number of fused-ring (bicyclic) bond motifs is 2. The number of rotatable bonds is 3. The zero-order valence-electron chi connectivity index (χ0n) is 13.9. The van der Waals surface area contributed by atoms with Crippen molar-refractivity contribution in [1.82, 2.24) is 15.2 Å². The Labute approximate surface area is 145 Å². The molecule has 0 unspecified atom stereocenters. The van der Waals surface area contributed by atoms with Crippen molar-refractivity contribution < 1.29 is 25.8 Å². The van der Waals surface area contributed by atoms with Crippen molar-refractivity contribution >= 4 is 31.9 Å². The highest BCUT2D eigenvalue weighted by atomic mass is 32.2. The van der Waals surface area contributed by atoms with E-state index < -0.39 is 32.9 Å². The molecule has 0 aliphatic heterocycles. The third kappa shape index (κ3) is 2.71. The van der Waals surface area contributed by atoms with Crippen LogP contribution in [0.1, 0.15) is 30.9 Å². The monoisotopic (exact) mass is 389 g/mol. The molecule has 0 saturated carbocycles. The molecule has 0 spiro atoms. The molecule has 140 valence electrons. The Morgan fingerprint density at radius 3 is 2.46 bits per heavy atom. The lowest BCUT2D eigenvalue weighted by atomic mass is 9.99. The number of alkyl halides is 3. The minimum atomic E-state index is -5.94. The van der Waals surface area contributed by atoms with Gasteiger partial charge in [-0.15, -0.1) is 0 Å². The van der Waals surface area contributed by atoms with E-state index in [9.17, 15) is 26.4 Å². The summed E-state index contributed by atoms with van der Waals surface area (Å²) in [6.45, 7) is 4.72. The molecule has 2 N–H and O–H groups in total. The summed E-state index contributed by atoms with van der Waals surface area (Å²) in [6.07, 6.45) is 1.43. The molecule has 0 amide bonds. The van der Waals surface area contributed by atoms with Crippen molar-refractivity contribution in [3.63, 3.8) is 0 Å². The normalized spacial score (nSPS) is 13.0. The fourth-order valence-electron chi connectivity index (χ4n) is 2.80. The molecule has 0 radical (unpaired) electrons. The molecule has 1 aromatic carbocycles. The molecule has 3 aromatic rings. The van der Waals surface area contributed by atoms with Gasteiger partial charge in [-0.05, 0) is 24.5 Å². The second-order valence-corrected chi connectivity index (χ2v) is 7.63. The number of aromatic nitrogens is 3. The van der Waals surface area contributed by atoms with Crippen LogP contribution in [0.4, 0.5) is 13.2 Å². The number of nitrogens with zero attached hydrogens (tertiary/aromatic N) is 1. The van der Waals surface area contributed by atoms with Crippen LogP contribution in [0.3, 0.4) is 0 Å². The molecule has 0 aliphatic carbocycles. The number of benzene rings is 1. The predicted molar refractivity (Wildman–Crippen MR) is 88.6 cm³/mol. The molecule has 26 heavy (non-hydrogen) atoms. The summed E-state index contributed by atoms with van der Waals surface area (Å²) < 4.78 is 66.0. The standard InChI is InChI=1S/C15H14F3N3O4S/c1-6(2)10-13(25-26(23,24)15(16,17)18)9-4-8-5-19-21-11(8)7(3)12(9)20-14(10)22/h4-6H,1-3H3,(H,19,21)(H,20,22). The van der Waals surface area contributed by atoms with Gasteiger partial charge in [0.15, 0.2) is 5.75 Å². The number of pyridine rings is 1. The van der Waals surface area contributed by atoms with Crippen molar-refractivity contribution in [2.75, 3.05) is 0 Å². The summed E-state index contributed by atoms with van der Waals surface area (Å²) >= 11 is 0. The van der Waals surface area contributed by atoms with Gasteiger partial charge in [-0.3, -0.25) is 9.89 Å². The number of hydrogen-bond donors (Lipinski definition) is 2. The Hall–Kier alpha value is -2.56. The zero-order chi connectivity index (χ0) is 19.4. The fourth-order valence-corrected chi connectivity index (χ4v) is 3.29. The fraction of sp³-hybridized carbons (Fsp3) is 0.333. The molecular formula is C15H14F3N3O4S. The van der Waals surface area contributed by atoms with Crippen LogP contribution < -0.4 is 9.74 Å². The van der Waals surface area contributed by atoms with E-state index in [0.717, 1.165) is 0 Å². The molecule has 11 heteroatoms. The van der Waals surface area contributed by atoms with Crippen LogP contribution in [0.5, 0.6) is 5.75 Å². The van der Waals surface area contributed by atoms with Crippen LogP contribution in [0.2, 0.25) is 0 Å². The molecule has 2 aromatic heterocycles. The Bertz CT molecular complexity index is 1180. The zero-order valence-corrected chi connectivity index (χ0v) is 14.7. The summed E-state index contributed by atoms with van der Waals surface area (Å²) in [5, 5.41) is 7.15. The van der Waals surface area contributed by atoms with E-state index in [2.05, 4.69) is 19.4 Å². The van der Waals surface area contributed by atoms with E-state index in [0.29, 0.717) is 16.5 Å². The largest absolute Gasteiger partial charge is 0.534 e. The van der Waals surface area contributed by atoms with Gasteiger partial charge in [-0.1, -0.05) is 13.8 Å². The first-order valence-electron chi connectivity index (χ1n) is 7.47. The molecule has 0 aliphatic rings. The highest BCUT2D eigenvalue weighted by Crippen LogP contribution is 2.37. The molecule has 0 saturated heterocycles. The van der Waals surface area contributed by atoms with Crippen molar-refractivity contribution in [3.05, 3.63) is 33.7 Å². The maximum atomic E-state index is 12.8. The minimum Gasteiger partial charge on any atom is -0.375 e. The Balaban J connectivity index is 2.46. The second-order valence-electron chi connectivity index (χ2n) is 6.09. The first kappa shape index (κ1) is 18.2. The predicted octanol–water partition coefficient (Wildman–Crippen LogP) is 3.06. The smallest absolute Gasteiger partial charge is 0.375 e. The van der Waals surface area contributed by atoms with Crippen LogP contribution in [-0.2, 0) is 10.1 Å². The SMILES string of the molecule is Cc1c2[nH]ncc2cc2c(OS(=O)(=O)C(F)(F)F)c(C(C)C)c(=O)[nH]c12. The van der Waals surface area contributed by atoms with Crippen molar-refractivity contribution in [3.8, 4) is 5.75 Å². The molecular weight excluding hydrogens is 375 g/mol. The quantitative estimate of drug-likeness (QED) is 0.529. The number of aryl methyl sites for hydroxylation is 1. The maximum absolute atomic E-state index is 12.8. The van der Waals surface area contributed by atoms with E-state index in [1.54, 1.807) is 20.8 Å². The lowest BCUT2D eigenvalue weighted by Gasteiger charge is -2.17. The molecule has 0 bridgehead atoms. The summed E-state index contributed by atoms with van der Waals surface area (Å²) in [6, 6.07) is 1.42. The van der Waals surface area contributed by atoms with Gasteiger partial charge in [0.05, 0.1) is 22.8 Å². The van der Waals surface area contributed by atoms with Gasteiger partial charge in [-0.25, -0.2) is 0 Å². The minimum absolute atomic E-state index is 0.0486. The molecule has 0 fully saturated rings. The van der Waals surface area contributed by atoms with Crippen molar-refractivity contribution in [1.29, 1.82) is 0 Å². The van der Waals surface area contributed by atoms with Gasteiger partial charge in [0.1, 0.15) is 0 Å². The number of H-pyrrole nitrogens is 2. The van der Waals surface area contributed by atoms with E-state index in [1.807, 2.05) is 0 Å². The Kier molecular flexibility index (Phi) is 4.02. The van der Waals surface area contributed by atoms with Gasteiger partial charge < -0.3 is 9.17 Å². The van der Waals surface area contributed by atoms with Gasteiger partial charge in [0.2, 0.25) is 0 Å². The topological polar surface area (TPSA) is 105 Å². The Morgan fingerprint density at radius 1 is 1.23 bits per heavy atom. The summed E-state index contributed by atoms with van der Waals surface area (Å²) in [5.74, 6) is -1.20. The first-order valence-corrected chi connectivity index (χ1v) is 8.88. The molecule has 2 heterocycles. The van der Waals surface area contributed by atoms with Crippen LogP contribution >= 0.6 is 0 Å². The molecule has 7 nitrogen and oxygen atoms in total. The molecule has 3 rings (SSSR count). The van der Waals surface area contributed by atoms with E-state index >= 15 is 0 Å². The summed E-state index contributed by atoms with van der Waals surface area (Å²) in [7, 11) is -5.94. The maximum Gasteiger partial charge on any atom is 0.534 e. The third-order valence-corrected chi connectivity index (χ3v) is 4.97. The van der Waals surface area contributed by atoms with Crippen LogP contribution in [0.15, 0.2) is 17.1 Å². The van der Waals surface area contributed by atoms with Crippen LogP contribution in [-0.4, -0.2) is 29.1 Å². The van der Waals surface area contributed by atoms with Crippen molar-refractivity contribution in [2.24, 2.45) is 0 Å². The highest BCUT2D eigenvalue weighted by Gasteiger charge is 2.49. The first-order chi connectivity index (χ1) is 11.9. The van der Waals surface area contributed by atoms with Gasteiger partial charge >= 0.3 is 15.6 Å². The summed E-state index contributed by atoms with van der Waals surface area (Å²) in [5.41, 5.74) is -5.30. The van der Waals surface area contributed by atoms with Crippen molar-refractivity contribution in [2.45, 2.75) is 32.2 Å². The molecule has 0 atom stereocenters. The van der Waals surface area contributed by atoms with Crippen LogP contribution in [0.25, 0.3) is 21.8 Å². The average molecular weight is 389 g/mol. The average Bonchev–Trinajstić information content (AvgIpc) is 2.95. The second kappa shape index (κ2) is 5.73. The number of hydrogen-bond acceptors (Lipinski definition) is 5. The summed E-state index contributed by atoms with van der Waals surface area (Å²) in [4.78, 5) is 15.0. The highest BCUT2D eigenvalue weighted by molar-refractivity contribution is 7.88. The van der Waals surface area contributed by atoms with Gasteiger partial charge in [-0.2, -0.15) is 26.7 Å². The van der Waals surface area contributed by atoms with Gasteiger partial charge in [0, 0.05) is 10.8 Å². The number of halogens is 3. The Morgan fingerprint density at radius 2 is 1.88 bits per heavy atom. The van der Waals surface area contributed by atoms with E-state index in [4.69, 9.17) is 0 Å².